The number of hydrogen-bond donors (Lipinski definition) is 2. The third kappa shape index (κ3) is 3.80. The van der Waals surface area contributed by atoms with Crippen molar-refractivity contribution in [2.75, 3.05) is 24.3 Å². The molecule has 3 rings (SSSR count). The van der Waals surface area contributed by atoms with Gasteiger partial charge in [-0.1, -0.05) is 18.2 Å². The summed E-state index contributed by atoms with van der Waals surface area (Å²) in [6, 6.07) is 7.66. The maximum absolute atomic E-state index is 12.8. The molecule has 1 fully saturated rings. The number of alkyl carbamates (subject to hydrolysis) is 1. The highest BCUT2D eigenvalue weighted by molar-refractivity contribution is 8.00. The van der Waals surface area contributed by atoms with Crippen LogP contribution in [0.15, 0.2) is 24.3 Å². The molecule has 1 saturated heterocycles. The number of imide groups is 1. The van der Waals surface area contributed by atoms with Gasteiger partial charge < -0.3 is 15.0 Å². The van der Waals surface area contributed by atoms with E-state index in [0.717, 1.165) is 17.0 Å². The Hall–Kier alpha value is -2.22. The first-order valence-electron chi connectivity index (χ1n) is 8.71. The van der Waals surface area contributed by atoms with E-state index in [4.69, 9.17) is 4.74 Å². The van der Waals surface area contributed by atoms with Gasteiger partial charge in [-0.2, -0.15) is 0 Å². The van der Waals surface area contributed by atoms with E-state index in [9.17, 15) is 14.4 Å². The van der Waals surface area contributed by atoms with E-state index < -0.39 is 17.9 Å². The second kappa shape index (κ2) is 7.99. The Morgan fingerprint density at radius 2 is 2.04 bits per heavy atom. The lowest BCUT2D eigenvalue weighted by atomic mass is 10.1. The maximum Gasteiger partial charge on any atom is 0.413 e. The molecular formula is C18H23N3O4S. The van der Waals surface area contributed by atoms with Gasteiger partial charge in [-0.15, -0.1) is 11.8 Å². The van der Waals surface area contributed by atoms with E-state index in [1.165, 1.54) is 11.8 Å². The summed E-state index contributed by atoms with van der Waals surface area (Å²) in [6.45, 7) is 1.88. The highest BCUT2D eigenvalue weighted by Crippen LogP contribution is 2.33. The quantitative estimate of drug-likeness (QED) is 0.827. The monoisotopic (exact) mass is 377 g/mol. The van der Waals surface area contributed by atoms with Crippen molar-refractivity contribution >= 4 is 35.4 Å². The third-order valence-electron chi connectivity index (χ3n) is 4.77. The van der Waals surface area contributed by atoms with Gasteiger partial charge in [-0.05, 0) is 30.7 Å². The van der Waals surface area contributed by atoms with Crippen LogP contribution < -0.4 is 15.5 Å². The van der Waals surface area contributed by atoms with Gasteiger partial charge >= 0.3 is 6.09 Å². The Bertz CT molecular complexity index is 711. The molecule has 3 amide bonds. The molecule has 2 N–H and O–H groups in total. The van der Waals surface area contributed by atoms with Crippen molar-refractivity contribution in [3.05, 3.63) is 29.8 Å². The number of anilines is 1. The van der Waals surface area contributed by atoms with Crippen LogP contribution in [-0.4, -0.2) is 48.7 Å². The van der Waals surface area contributed by atoms with Crippen molar-refractivity contribution in [1.29, 1.82) is 0 Å². The van der Waals surface area contributed by atoms with Crippen LogP contribution in [0.2, 0.25) is 0 Å². The lowest BCUT2D eigenvalue weighted by Crippen LogP contribution is -2.50. The zero-order valence-corrected chi connectivity index (χ0v) is 15.7. The standard InChI is InChI=1S/C18H23N3O4S/c1-3-25-18(24)20-15(22)12-8-9-26-17(12)19-16(23)14-10-11-6-4-5-7-13(11)21(14)2/h4-7,12,14,17H,3,8-10H2,1-2H3,(H,19,23)(H,20,22,24). The summed E-state index contributed by atoms with van der Waals surface area (Å²) in [7, 11) is 1.91. The first kappa shape index (κ1) is 18.6. The second-order valence-electron chi connectivity index (χ2n) is 6.36. The summed E-state index contributed by atoms with van der Waals surface area (Å²) >= 11 is 1.53. The molecular weight excluding hydrogens is 354 g/mol. The number of para-hydroxylation sites is 1. The minimum atomic E-state index is -0.745. The Balaban J connectivity index is 1.60. The van der Waals surface area contributed by atoms with E-state index in [0.29, 0.717) is 12.8 Å². The summed E-state index contributed by atoms with van der Waals surface area (Å²) in [6.07, 6.45) is 0.516. The van der Waals surface area contributed by atoms with Crippen LogP contribution in [0.3, 0.4) is 0 Å². The van der Waals surface area contributed by atoms with Gasteiger partial charge in [0.25, 0.3) is 0 Å². The van der Waals surface area contributed by atoms with Crippen molar-refractivity contribution in [2.45, 2.75) is 31.2 Å². The van der Waals surface area contributed by atoms with Gasteiger partial charge in [0.05, 0.1) is 17.9 Å². The van der Waals surface area contributed by atoms with Crippen molar-refractivity contribution in [1.82, 2.24) is 10.6 Å². The molecule has 2 aliphatic heterocycles. The van der Waals surface area contributed by atoms with E-state index in [1.807, 2.05) is 36.2 Å². The molecule has 1 aromatic carbocycles. The van der Waals surface area contributed by atoms with Crippen LogP contribution >= 0.6 is 11.8 Å². The first-order valence-corrected chi connectivity index (χ1v) is 9.76. The molecule has 0 aromatic heterocycles. The predicted molar refractivity (Wildman–Crippen MR) is 100.0 cm³/mol. The lowest BCUT2D eigenvalue weighted by Gasteiger charge is -2.25. The SMILES string of the molecule is CCOC(=O)NC(=O)C1CCSC1NC(=O)C1Cc2ccccc2N1C. The van der Waals surface area contributed by atoms with Crippen LogP contribution in [0.25, 0.3) is 0 Å². The number of carbonyl (C=O) groups excluding carboxylic acids is 3. The maximum atomic E-state index is 12.8. The number of thioether (sulfide) groups is 1. The number of likely N-dealkylation sites (N-methyl/N-ethyl adjacent to an activating group) is 1. The number of hydrogen-bond acceptors (Lipinski definition) is 6. The zero-order valence-electron chi connectivity index (χ0n) is 14.9. The number of benzene rings is 1. The number of nitrogens with one attached hydrogen (secondary N) is 2. The summed E-state index contributed by atoms with van der Waals surface area (Å²) in [5.74, 6) is -0.187. The van der Waals surface area contributed by atoms with E-state index >= 15 is 0 Å². The largest absolute Gasteiger partial charge is 0.450 e. The average molecular weight is 377 g/mol. The fourth-order valence-electron chi connectivity index (χ4n) is 3.41. The Morgan fingerprint density at radius 3 is 2.77 bits per heavy atom. The number of nitrogens with zero attached hydrogens (tertiary/aromatic N) is 1. The first-order chi connectivity index (χ1) is 12.5. The van der Waals surface area contributed by atoms with Gasteiger partial charge in [0, 0.05) is 19.2 Å². The molecule has 8 heteroatoms. The van der Waals surface area contributed by atoms with Crippen molar-refractivity contribution in [2.24, 2.45) is 5.92 Å². The number of amides is 3. The van der Waals surface area contributed by atoms with Crippen molar-refractivity contribution in [3.63, 3.8) is 0 Å². The highest BCUT2D eigenvalue weighted by atomic mass is 32.2. The molecule has 3 atom stereocenters. The normalized spacial score (nSPS) is 24.1. The molecule has 0 radical (unpaired) electrons. The van der Waals surface area contributed by atoms with Crippen LogP contribution in [0.5, 0.6) is 0 Å². The van der Waals surface area contributed by atoms with Gasteiger partial charge in [0.2, 0.25) is 11.8 Å². The Morgan fingerprint density at radius 1 is 1.27 bits per heavy atom. The fraction of sp³-hybridized carbons (Fsp3) is 0.500. The predicted octanol–water partition coefficient (Wildman–Crippen LogP) is 1.52. The van der Waals surface area contributed by atoms with E-state index in [2.05, 4.69) is 10.6 Å². The minimum Gasteiger partial charge on any atom is -0.450 e. The molecule has 1 aromatic rings. The van der Waals surface area contributed by atoms with E-state index in [-0.39, 0.29) is 23.9 Å². The zero-order chi connectivity index (χ0) is 18.7. The van der Waals surface area contributed by atoms with Crippen LogP contribution in [0.1, 0.15) is 18.9 Å². The number of carbonyl (C=O) groups is 3. The molecule has 7 nitrogen and oxygen atoms in total. The molecule has 0 aliphatic carbocycles. The summed E-state index contributed by atoms with van der Waals surface area (Å²) in [4.78, 5) is 38.5. The van der Waals surface area contributed by atoms with Crippen molar-refractivity contribution < 1.29 is 19.1 Å². The second-order valence-corrected chi connectivity index (χ2v) is 7.61. The topological polar surface area (TPSA) is 87.7 Å². The molecule has 2 heterocycles. The highest BCUT2D eigenvalue weighted by Gasteiger charge is 2.39. The van der Waals surface area contributed by atoms with Crippen LogP contribution in [-0.2, 0) is 20.7 Å². The average Bonchev–Trinajstić information content (AvgIpc) is 3.20. The van der Waals surface area contributed by atoms with Crippen LogP contribution in [0, 0.1) is 5.92 Å². The van der Waals surface area contributed by atoms with Crippen molar-refractivity contribution in [3.8, 4) is 0 Å². The summed E-state index contributed by atoms with van der Waals surface area (Å²) < 4.78 is 4.75. The molecule has 0 spiro atoms. The minimum absolute atomic E-state index is 0.1000. The molecule has 140 valence electrons. The number of fused-ring (bicyclic) bond motifs is 1. The fourth-order valence-corrected chi connectivity index (χ4v) is 4.74. The molecule has 3 unspecified atom stereocenters. The molecule has 2 aliphatic rings. The van der Waals surface area contributed by atoms with Gasteiger partial charge in [-0.3, -0.25) is 14.9 Å². The van der Waals surface area contributed by atoms with Crippen LogP contribution in [0.4, 0.5) is 10.5 Å². The van der Waals surface area contributed by atoms with E-state index in [1.54, 1.807) is 6.92 Å². The Kier molecular flexibility index (Phi) is 5.70. The molecule has 0 bridgehead atoms. The molecule has 0 saturated carbocycles. The summed E-state index contributed by atoms with van der Waals surface area (Å²) in [5.41, 5.74) is 2.20. The summed E-state index contributed by atoms with van der Waals surface area (Å²) in [5, 5.41) is 4.90. The number of ether oxygens (including phenoxy) is 1. The lowest BCUT2D eigenvalue weighted by molar-refractivity contribution is -0.125. The van der Waals surface area contributed by atoms with Gasteiger partial charge in [0.15, 0.2) is 0 Å². The molecule has 26 heavy (non-hydrogen) atoms. The van der Waals surface area contributed by atoms with Gasteiger partial charge in [0.1, 0.15) is 6.04 Å². The number of rotatable bonds is 4. The third-order valence-corrected chi connectivity index (χ3v) is 6.05. The smallest absolute Gasteiger partial charge is 0.413 e. The Labute approximate surface area is 156 Å². The van der Waals surface area contributed by atoms with Gasteiger partial charge in [-0.25, -0.2) is 4.79 Å².